The van der Waals surface area contributed by atoms with Gasteiger partial charge in [0, 0.05) is 39.7 Å². The topological polar surface area (TPSA) is 66.9 Å². The molecule has 1 saturated carbocycles. The van der Waals surface area contributed by atoms with E-state index in [1.54, 1.807) is 11.4 Å². The van der Waals surface area contributed by atoms with Gasteiger partial charge in [0.25, 0.3) is 0 Å². The summed E-state index contributed by atoms with van der Waals surface area (Å²) in [6.07, 6.45) is 4.86. The van der Waals surface area contributed by atoms with Crippen LogP contribution in [0, 0.1) is 5.41 Å². The van der Waals surface area contributed by atoms with Crippen molar-refractivity contribution in [3.05, 3.63) is 0 Å². The van der Waals surface area contributed by atoms with E-state index in [-0.39, 0.29) is 16.6 Å². The quantitative estimate of drug-likeness (QED) is 0.749. The number of ether oxygens (including phenoxy) is 1. The van der Waals surface area contributed by atoms with E-state index in [2.05, 4.69) is 0 Å². The average Bonchev–Trinajstić information content (AvgIpc) is 3.34. The van der Waals surface area contributed by atoms with Gasteiger partial charge in [0.1, 0.15) is 0 Å². The van der Waals surface area contributed by atoms with Crippen molar-refractivity contribution in [2.45, 2.75) is 43.8 Å². The fourth-order valence-corrected chi connectivity index (χ4v) is 5.55. The minimum Gasteiger partial charge on any atom is -0.383 e. The van der Waals surface area contributed by atoms with Crippen molar-refractivity contribution in [1.82, 2.24) is 9.21 Å². The average molecular weight is 330 g/mol. The summed E-state index contributed by atoms with van der Waals surface area (Å²) in [5.41, 5.74) is 0.108. The number of piperidine rings is 2. The molecule has 0 bridgehead atoms. The van der Waals surface area contributed by atoms with E-state index in [4.69, 9.17) is 4.74 Å². The van der Waals surface area contributed by atoms with Gasteiger partial charge in [-0.2, -0.15) is 0 Å². The van der Waals surface area contributed by atoms with Crippen LogP contribution in [0.1, 0.15) is 38.5 Å². The molecule has 0 radical (unpaired) electrons. The number of sulfonamides is 1. The Morgan fingerprint density at radius 2 is 1.91 bits per heavy atom. The molecule has 1 spiro atoms. The van der Waals surface area contributed by atoms with E-state index in [0.717, 1.165) is 38.6 Å². The van der Waals surface area contributed by atoms with Crippen molar-refractivity contribution in [2.75, 3.05) is 39.9 Å². The van der Waals surface area contributed by atoms with Gasteiger partial charge >= 0.3 is 0 Å². The fourth-order valence-electron chi connectivity index (χ4n) is 3.71. The van der Waals surface area contributed by atoms with Crippen molar-refractivity contribution in [1.29, 1.82) is 0 Å². The number of carbonyl (C=O) groups excluding carboxylic acids is 1. The van der Waals surface area contributed by atoms with Crippen molar-refractivity contribution < 1.29 is 17.9 Å². The van der Waals surface area contributed by atoms with Gasteiger partial charge in [-0.15, -0.1) is 0 Å². The number of amides is 1. The second-order valence-electron chi connectivity index (χ2n) is 6.95. The molecule has 7 heteroatoms. The monoisotopic (exact) mass is 330 g/mol. The molecular weight excluding hydrogens is 304 g/mol. The van der Waals surface area contributed by atoms with Crippen LogP contribution in [-0.4, -0.2) is 68.7 Å². The maximum absolute atomic E-state index is 12.3. The van der Waals surface area contributed by atoms with Crippen molar-refractivity contribution in [2.24, 2.45) is 5.41 Å². The minimum absolute atomic E-state index is 0.108. The molecule has 0 N–H and O–H groups in total. The first-order valence-corrected chi connectivity index (χ1v) is 9.73. The molecule has 0 aromatic rings. The van der Waals surface area contributed by atoms with E-state index in [0.29, 0.717) is 32.7 Å². The Kier molecular flexibility index (Phi) is 4.49. The molecule has 22 heavy (non-hydrogen) atoms. The molecule has 1 aliphatic carbocycles. The van der Waals surface area contributed by atoms with Crippen molar-refractivity contribution in [3.63, 3.8) is 0 Å². The second-order valence-corrected chi connectivity index (χ2v) is 9.16. The zero-order valence-corrected chi connectivity index (χ0v) is 14.1. The van der Waals surface area contributed by atoms with Gasteiger partial charge in [-0.3, -0.25) is 4.79 Å². The molecule has 6 nitrogen and oxygen atoms in total. The summed E-state index contributed by atoms with van der Waals surface area (Å²) in [4.78, 5) is 13.9. The van der Waals surface area contributed by atoms with Crippen molar-refractivity contribution in [3.8, 4) is 0 Å². The molecule has 2 heterocycles. The predicted molar refractivity (Wildman–Crippen MR) is 82.9 cm³/mol. The summed E-state index contributed by atoms with van der Waals surface area (Å²) in [7, 11) is -1.41. The van der Waals surface area contributed by atoms with Gasteiger partial charge in [0.05, 0.1) is 11.9 Å². The first-order valence-electron chi connectivity index (χ1n) is 8.23. The first kappa shape index (κ1) is 16.2. The molecule has 0 atom stereocenters. The Labute approximate surface area is 132 Å². The number of likely N-dealkylation sites (tertiary alicyclic amines) is 1. The third kappa shape index (κ3) is 3.16. The summed E-state index contributed by atoms with van der Waals surface area (Å²) >= 11 is 0. The Morgan fingerprint density at radius 1 is 1.23 bits per heavy atom. The minimum atomic E-state index is -3.05. The smallest absolute Gasteiger partial charge is 0.222 e. The maximum Gasteiger partial charge on any atom is 0.222 e. The number of carbonyl (C=O) groups is 1. The Hall–Kier alpha value is -0.660. The highest BCUT2D eigenvalue weighted by Gasteiger charge is 2.46. The summed E-state index contributed by atoms with van der Waals surface area (Å²) in [6, 6.07) is 0. The third-order valence-corrected chi connectivity index (χ3v) is 7.80. The SMILES string of the molecule is COCCN1CC2(CCC1=O)CCN(S(=O)(=O)C1CC1)CC2. The summed E-state index contributed by atoms with van der Waals surface area (Å²) in [5, 5.41) is -0.118. The molecule has 126 valence electrons. The third-order valence-electron chi connectivity index (χ3n) is 5.40. The van der Waals surface area contributed by atoms with E-state index in [1.165, 1.54) is 0 Å². The van der Waals surface area contributed by atoms with Crippen LogP contribution in [-0.2, 0) is 19.6 Å². The molecule has 1 amide bonds. The molecule has 3 fully saturated rings. The highest BCUT2D eigenvalue weighted by atomic mass is 32.2. The lowest BCUT2D eigenvalue weighted by molar-refractivity contribution is -0.139. The fraction of sp³-hybridized carbons (Fsp3) is 0.933. The largest absolute Gasteiger partial charge is 0.383 e. The number of nitrogens with zero attached hydrogens (tertiary/aromatic N) is 2. The lowest BCUT2D eigenvalue weighted by Crippen LogP contribution is -2.53. The molecular formula is C15H26N2O4S. The van der Waals surface area contributed by atoms with E-state index < -0.39 is 10.0 Å². The van der Waals surface area contributed by atoms with Crippen LogP contribution < -0.4 is 0 Å². The normalized spacial score (nSPS) is 26.6. The van der Waals surface area contributed by atoms with Crippen LogP contribution in [0.2, 0.25) is 0 Å². The number of hydrogen-bond donors (Lipinski definition) is 0. The van der Waals surface area contributed by atoms with Crippen LogP contribution >= 0.6 is 0 Å². The van der Waals surface area contributed by atoms with Crippen LogP contribution in [0.3, 0.4) is 0 Å². The lowest BCUT2D eigenvalue weighted by Gasteiger charge is -2.47. The molecule has 2 aliphatic heterocycles. The van der Waals surface area contributed by atoms with Crippen LogP contribution in [0.25, 0.3) is 0 Å². The number of methoxy groups -OCH3 is 1. The van der Waals surface area contributed by atoms with Gasteiger partial charge in [-0.1, -0.05) is 0 Å². The van der Waals surface area contributed by atoms with Gasteiger partial charge in [0.15, 0.2) is 0 Å². The summed E-state index contributed by atoms with van der Waals surface area (Å²) < 4.78 is 31.4. The summed E-state index contributed by atoms with van der Waals surface area (Å²) in [6.45, 7) is 3.19. The van der Waals surface area contributed by atoms with Crippen LogP contribution in [0.5, 0.6) is 0 Å². The lowest BCUT2D eigenvalue weighted by atomic mass is 9.73. The number of hydrogen-bond acceptors (Lipinski definition) is 4. The molecule has 3 aliphatic rings. The zero-order chi connectivity index (χ0) is 15.8. The standard InChI is InChI=1S/C15H26N2O4S/c1-21-11-10-16-12-15(5-4-14(16)18)6-8-17(9-7-15)22(19,20)13-2-3-13/h13H,2-12H2,1H3. The number of rotatable bonds is 5. The van der Waals surface area contributed by atoms with E-state index in [1.807, 2.05) is 4.90 Å². The molecule has 3 rings (SSSR count). The van der Waals surface area contributed by atoms with E-state index >= 15 is 0 Å². The second kappa shape index (κ2) is 6.09. The highest BCUT2D eigenvalue weighted by Crippen LogP contribution is 2.42. The molecule has 0 aromatic carbocycles. The van der Waals surface area contributed by atoms with Gasteiger partial charge in [0.2, 0.25) is 15.9 Å². The van der Waals surface area contributed by atoms with Gasteiger partial charge in [-0.25, -0.2) is 12.7 Å². The highest BCUT2D eigenvalue weighted by molar-refractivity contribution is 7.90. The Balaban J connectivity index is 1.60. The maximum atomic E-state index is 12.3. The summed E-state index contributed by atoms with van der Waals surface area (Å²) in [5.74, 6) is 0.204. The molecule has 0 unspecified atom stereocenters. The first-order chi connectivity index (χ1) is 10.5. The zero-order valence-electron chi connectivity index (χ0n) is 13.3. The van der Waals surface area contributed by atoms with Crippen LogP contribution in [0.15, 0.2) is 0 Å². The van der Waals surface area contributed by atoms with Crippen molar-refractivity contribution >= 4 is 15.9 Å². The van der Waals surface area contributed by atoms with E-state index in [9.17, 15) is 13.2 Å². The van der Waals surface area contributed by atoms with Gasteiger partial charge in [-0.05, 0) is 37.5 Å². The van der Waals surface area contributed by atoms with Gasteiger partial charge < -0.3 is 9.64 Å². The Bertz CT molecular complexity index is 522. The Morgan fingerprint density at radius 3 is 2.50 bits per heavy atom. The molecule has 0 aromatic heterocycles. The molecule has 2 saturated heterocycles. The predicted octanol–water partition coefficient (Wildman–Crippen LogP) is 0.830. The van der Waals surface area contributed by atoms with Crippen LogP contribution in [0.4, 0.5) is 0 Å².